The minimum absolute atomic E-state index is 0.177. The van der Waals surface area contributed by atoms with Crippen molar-refractivity contribution in [2.75, 3.05) is 5.32 Å². The Hall–Kier alpha value is -2.88. The zero-order valence-corrected chi connectivity index (χ0v) is 11.5. The summed E-state index contributed by atoms with van der Waals surface area (Å²) in [6.45, 7) is 1.96. The van der Waals surface area contributed by atoms with Crippen LogP contribution in [0.25, 0.3) is 6.08 Å². The summed E-state index contributed by atoms with van der Waals surface area (Å²) in [6, 6.07) is 14.3. The first-order chi connectivity index (χ1) is 10.0. The zero-order chi connectivity index (χ0) is 15.2. The molecule has 2 rings (SSSR count). The van der Waals surface area contributed by atoms with Crippen LogP contribution >= 0.6 is 0 Å². The Morgan fingerprint density at radius 2 is 1.62 bits per heavy atom. The summed E-state index contributed by atoms with van der Waals surface area (Å²) in [6.07, 6.45) is 2.56. The van der Waals surface area contributed by atoms with E-state index < -0.39 is 5.97 Å². The number of carbonyl (C=O) groups is 2. The van der Waals surface area contributed by atoms with Gasteiger partial charge in [-0.3, -0.25) is 4.79 Å². The lowest BCUT2D eigenvalue weighted by molar-refractivity contribution is -0.131. The number of anilines is 1. The van der Waals surface area contributed by atoms with Crippen molar-refractivity contribution >= 4 is 23.6 Å². The second-order valence-corrected chi connectivity index (χ2v) is 4.61. The summed E-state index contributed by atoms with van der Waals surface area (Å²) >= 11 is 0. The number of carboxylic acids is 1. The van der Waals surface area contributed by atoms with Gasteiger partial charge >= 0.3 is 5.97 Å². The molecule has 0 aliphatic heterocycles. The molecule has 0 saturated heterocycles. The maximum absolute atomic E-state index is 12.0. The molecule has 4 nitrogen and oxygen atoms in total. The standard InChI is InChI=1S/C17H15NO3/c1-12-2-7-14(8-3-12)17(21)18-15-9-4-13(5-10-15)6-11-16(19)20/h2-11H,1H3,(H,18,21)(H,19,20)/b11-6+. The van der Waals surface area contributed by atoms with Crippen LogP contribution in [0.1, 0.15) is 21.5 Å². The SMILES string of the molecule is Cc1ccc(C(=O)Nc2ccc(/C=C/C(=O)O)cc2)cc1. The molecule has 0 aliphatic carbocycles. The highest BCUT2D eigenvalue weighted by atomic mass is 16.4. The number of rotatable bonds is 4. The van der Waals surface area contributed by atoms with Crippen molar-refractivity contribution in [1.29, 1.82) is 0 Å². The monoisotopic (exact) mass is 281 g/mol. The summed E-state index contributed by atoms with van der Waals surface area (Å²) in [5.74, 6) is -1.17. The van der Waals surface area contributed by atoms with E-state index in [0.717, 1.165) is 17.2 Å². The Labute approximate surface area is 122 Å². The van der Waals surface area contributed by atoms with Crippen molar-refractivity contribution in [3.63, 3.8) is 0 Å². The number of hydrogen-bond acceptors (Lipinski definition) is 2. The molecule has 4 heteroatoms. The highest BCUT2D eigenvalue weighted by molar-refractivity contribution is 6.04. The Kier molecular flexibility index (Phi) is 4.51. The molecule has 106 valence electrons. The maximum atomic E-state index is 12.0. The minimum atomic E-state index is -0.994. The van der Waals surface area contributed by atoms with E-state index in [9.17, 15) is 9.59 Å². The van der Waals surface area contributed by atoms with Crippen molar-refractivity contribution in [1.82, 2.24) is 0 Å². The van der Waals surface area contributed by atoms with Gasteiger partial charge in [0.1, 0.15) is 0 Å². The lowest BCUT2D eigenvalue weighted by Gasteiger charge is -2.06. The third-order valence-electron chi connectivity index (χ3n) is 2.90. The van der Waals surface area contributed by atoms with Crippen molar-refractivity contribution < 1.29 is 14.7 Å². The fraction of sp³-hybridized carbons (Fsp3) is 0.0588. The number of nitrogens with one attached hydrogen (secondary N) is 1. The van der Waals surface area contributed by atoms with Crippen LogP contribution in [-0.2, 0) is 4.79 Å². The fourth-order valence-electron chi connectivity index (χ4n) is 1.75. The lowest BCUT2D eigenvalue weighted by atomic mass is 10.1. The van der Waals surface area contributed by atoms with Crippen molar-refractivity contribution in [3.8, 4) is 0 Å². The van der Waals surface area contributed by atoms with Gasteiger partial charge in [-0.1, -0.05) is 29.8 Å². The Bertz CT molecular complexity index is 670. The third kappa shape index (κ3) is 4.31. The zero-order valence-electron chi connectivity index (χ0n) is 11.5. The normalized spacial score (nSPS) is 10.5. The van der Waals surface area contributed by atoms with Gasteiger partial charge in [0.25, 0.3) is 5.91 Å². The summed E-state index contributed by atoms with van der Waals surface area (Å²) < 4.78 is 0. The summed E-state index contributed by atoms with van der Waals surface area (Å²) in [5, 5.41) is 11.3. The van der Waals surface area contributed by atoms with E-state index in [0.29, 0.717) is 11.3 Å². The van der Waals surface area contributed by atoms with Crippen molar-refractivity contribution in [3.05, 3.63) is 71.3 Å². The number of benzene rings is 2. The molecular formula is C17H15NO3. The van der Waals surface area contributed by atoms with Gasteiger partial charge in [0.15, 0.2) is 0 Å². The topological polar surface area (TPSA) is 66.4 Å². The highest BCUT2D eigenvalue weighted by Gasteiger charge is 2.05. The second-order valence-electron chi connectivity index (χ2n) is 4.61. The number of aliphatic carboxylic acids is 1. The predicted molar refractivity (Wildman–Crippen MR) is 82.2 cm³/mol. The molecule has 0 radical (unpaired) electrons. The van der Waals surface area contributed by atoms with E-state index in [2.05, 4.69) is 5.32 Å². The van der Waals surface area contributed by atoms with Gasteiger partial charge in [0, 0.05) is 17.3 Å². The Morgan fingerprint density at radius 3 is 2.19 bits per heavy atom. The molecule has 21 heavy (non-hydrogen) atoms. The highest BCUT2D eigenvalue weighted by Crippen LogP contribution is 2.13. The van der Waals surface area contributed by atoms with Crippen LogP contribution in [0.4, 0.5) is 5.69 Å². The number of carboxylic acid groups (broad SMARTS) is 1. The molecule has 0 heterocycles. The Balaban J connectivity index is 2.04. The molecule has 0 unspecified atom stereocenters. The Morgan fingerprint density at radius 1 is 1.00 bits per heavy atom. The van der Waals surface area contributed by atoms with Crippen LogP contribution in [0.15, 0.2) is 54.6 Å². The number of aryl methyl sites for hydroxylation is 1. The average molecular weight is 281 g/mol. The molecule has 0 bridgehead atoms. The first kappa shape index (κ1) is 14.5. The lowest BCUT2D eigenvalue weighted by Crippen LogP contribution is -2.11. The molecule has 0 atom stereocenters. The van der Waals surface area contributed by atoms with E-state index in [1.165, 1.54) is 6.08 Å². The average Bonchev–Trinajstić information content (AvgIpc) is 2.47. The van der Waals surface area contributed by atoms with Gasteiger partial charge in [-0.2, -0.15) is 0 Å². The van der Waals surface area contributed by atoms with Gasteiger partial charge in [-0.05, 0) is 42.8 Å². The number of carbonyl (C=O) groups excluding carboxylic acids is 1. The van der Waals surface area contributed by atoms with Gasteiger partial charge in [-0.15, -0.1) is 0 Å². The van der Waals surface area contributed by atoms with Crippen molar-refractivity contribution in [2.24, 2.45) is 0 Å². The first-order valence-corrected chi connectivity index (χ1v) is 6.44. The molecule has 2 N–H and O–H groups in total. The van der Waals surface area contributed by atoms with Gasteiger partial charge < -0.3 is 10.4 Å². The molecule has 2 aromatic carbocycles. The molecule has 2 aromatic rings. The molecule has 0 saturated carbocycles. The third-order valence-corrected chi connectivity index (χ3v) is 2.90. The minimum Gasteiger partial charge on any atom is -0.478 e. The molecule has 0 aromatic heterocycles. The van der Waals surface area contributed by atoms with Crippen LogP contribution in [0.2, 0.25) is 0 Å². The van der Waals surface area contributed by atoms with Gasteiger partial charge in [-0.25, -0.2) is 4.79 Å². The van der Waals surface area contributed by atoms with Crippen LogP contribution in [0.3, 0.4) is 0 Å². The molecular weight excluding hydrogens is 266 g/mol. The summed E-state index contributed by atoms with van der Waals surface area (Å²) in [7, 11) is 0. The van der Waals surface area contributed by atoms with E-state index in [1.54, 1.807) is 36.4 Å². The molecule has 0 spiro atoms. The smallest absolute Gasteiger partial charge is 0.328 e. The second kappa shape index (κ2) is 6.52. The van der Waals surface area contributed by atoms with Crippen LogP contribution in [-0.4, -0.2) is 17.0 Å². The van der Waals surface area contributed by atoms with E-state index >= 15 is 0 Å². The van der Waals surface area contributed by atoms with E-state index in [-0.39, 0.29) is 5.91 Å². The number of hydrogen-bond donors (Lipinski definition) is 2. The molecule has 1 amide bonds. The predicted octanol–water partition coefficient (Wildman–Crippen LogP) is 3.35. The quantitative estimate of drug-likeness (QED) is 0.845. The molecule has 0 fully saturated rings. The first-order valence-electron chi connectivity index (χ1n) is 6.44. The van der Waals surface area contributed by atoms with Crippen LogP contribution in [0, 0.1) is 6.92 Å². The van der Waals surface area contributed by atoms with E-state index in [1.807, 2.05) is 19.1 Å². The van der Waals surface area contributed by atoms with Gasteiger partial charge in [0.2, 0.25) is 0 Å². The largest absolute Gasteiger partial charge is 0.478 e. The van der Waals surface area contributed by atoms with E-state index in [4.69, 9.17) is 5.11 Å². The van der Waals surface area contributed by atoms with Gasteiger partial charge in [0.05, 0.1) is 0 Å². The van der Waals surface area contributed by atoms with Crippen LogP contribution in [0.5, 0.6) is 0 Å². The van der Waals surface area contributed by atoms with Crippen LogP contribution < -0.4 is 5.32 Å². The maximum Gasteiger partial charge on any atom is 0.328 e. The summed E-state index contributed by atoms with van der Waals surface area (Å²) in [4.78, 5) is 22.4. The summed E-state index contributed by atoms with van der Waals surface area (Å²) in [5.41, 5.74) is 3.11. The van der Waals surface area contributed by atoms with Crippen molar-refractivity contribution in [2.45, 2.75) is 6.92 Å². The number of amides is 1. The molecule has 0 aliphatic rings. The fourth-order valence-corrected chi connectivity index (χ4v) is 1.75.